The van der Waals surface area contributed by atoms with Gasteiger partial charge < -0.3 is 59.1 Å². The van der Waals surface area contributed by atoms with Crippen molar-refractivity contribution in [1.29, 1.82) is 0 Å². The maximum atomic E-state index is 14.0. The molecular formula is C33H58N10O9. The molecule has 0 spiro atoms. The number of amides is 8. The lowest BCUT2D eigenvalue weighted by Crippen LogP contribution is -2.62. The van der Waals surface area contributed by atoms with Gasteiger partial charge in [-0.3, -0.25) is 38.4 Å². The van der Waals surface area contributed by atoms with Gasteiger partial charge in [0.15, 0.2) is 0 Å². The second-order valence-corrected chi connectivity index (χ2v) is 13.8. The zero-order valence-corrected chi connectivity index (χ0v) is 30.6. The van der Waals surface area contributed by atoms with E-state index in [2.05, 4.69) is 31.9 Å². The van der Waals surface area contributed by atoms with E-state index in [0.29, 0.717) is 38.8 Å². The van der Waals surface area contributed by atoms with Gasteiger partial charge in [-0.05, 0) is 84.2 Å². The van der Waals surface area contributed by atoms with Crippen molar-refractivity contribution in [3.05, 3.63) is 0 Å². The molecule has 0 aromatic rings. The van der Waals surface area contributed by atoms with Gasteiger partial charge in [0.1, 0.15) is 36.3 Å². The van der Waals surface area contributed by atoms with E-state index in [1.54, 1.807) is 13.8 Å². The third kappa shape index (κ3) is 13.3. The number of nitrogens with two attached hydrogens (primary N) is 3. The zero-order chi connectivity index (χ0) is 39.1. The Morgan fingerprint density at radius 2 is 1.44 bits per heavy atom. The fourth-order valence-electron chi connectivity index (χ4n) is 6.07. The van der Waals surface area contributed by atoms with Gasteiger partial charge in [-0.2, -0.15) is 0 Å². The van der Waals surface area contributed by atoms with Crippen LogP contribution in [0.3, 0.4) is 0 Å². The van der Waals surface area contributed by atoms with E-state index in [1.165, 1.54) is 18.7 Å². The fraction of sp³-hybridized carbons (Fsp3) is 0.758. The van der Waals surface area contributed by atoms with Crippen molar-refractivity contribution in [3.8, 4) is 0 Å². The highest BCUT2D eigenvalue weighted by Crippen LogP contribution is 2.21. The Balaban J connectivity index is 2.23. The maximum absolute atomic E-state index is 14.0. The van der Waals surface area contributed by atoms with Crippen molar-refractivity contribution in [3.63, 3.8) is 0 Å². The lowest BCUT2D eigenvalue weighted by Gasteiger charge is -2.31. The molecule has 52 heavy (non-hydrogen) atoms. The Labute approximate surface area is 304 Å². The second-order valence-electron chi connectivity index (χ2n) is 13.8. The predicted molar refractivity (Wildman–Crippen MR) is 188 cm³/mol. The van der Waals surface area contributed by atoms with Crippen molar-refractivity contribution in [2.45, 2.75) is 134 Å². The van der Waals surface area contributed by atoms with Crippen LogP contribution in [0.25, 0.3) is 0 Å². The molecule has 19 nitrogen and oxygen atoms in total. The molecule has 13 N–H and O–H groups in total. The minimum absolute atomic E-state index is 0.126. The number of nitrogens with one attached hydrogen (secondary N) is 6. The van der Waals surface area contributed by atoms with Crippen LogP contribution in [0.4, 0.5) is 0 Å². The summed E-state index contributed by atoms with van der Waals surface area (Å²) < 4.78 is 0. The van der Waals surface area contributed by atoms with Crippen molar-refractivity contribution in [2.24, 2.45) is 23.1 Å². The molecule has 2 heterocycles. The molecule has 2 saturated heterocycles. The van der Waals surface area contributed by atoms with Crippen LogP contribution in [-0.4, -0.2) is 125 Å². The Bertz CT molecular complexity index is 1290. The molecule has 2 aliphatic heterocycles. The second kappa shape index (κ2) is 21.2. The van der Waals surface area contributed by atoms with Gasteiger partial charge >= 0.3 is 0 Å². The summed E-state index contributed by atoms with van der Waals surface area (Å²) in [7, 11) is 0. The Kier molecular flexibility index (Phi) is 17.9. The van der Waals surface area contributed by atoms with Gasteiger partial charge in [-0.1, -0.05) is 13.8 Å². The number of nitrogens with zero attached hydrogens (tertiary/aromatic N) is 1. The average molecular weight is 739 g/mol. The van der Waals surface area contributed by atoms with Gasteiger partial charge in [0.2, 0.25) is 47.3 Å². The van der Waals surface area contributed by atoms with Crippen molar-refractivity contribution in [2.75, 3.05) is 19.6 Å². The third-order valence-corrected chi connectivity index (χ3v) is 9.18. The highest BCUT2D eigenvalue weighted by molar-refractivity contribution is 5.97. The number of aliphatic hydroxyl groups excluding tert-OH is 1. The lowest BCUT2D eigenvalue weighted by molar-refractivity contribution is -0.143. The topological polar surface area (TPSA) is 310 Å². The summed E-state index contributed by atoms with van der Waals surface area (Å²) in [5.41, 5.74) is 16.2. The molecule has 0 bridgehead atoms. The standard InChI is InChI=1S/C33H58N10O9/c1-17(2)25(41-28(47)20-10-7-15-37-20)31(50)42-26(19(4)44)32(51)40-22(9-5-6-14-34)33(52)43-16-8-11-23(43)30(49)39-21(12-13-24(35)45)29(48)38-18(3)27(36)46/h17-23,25-26,37,44H,5-16,34H2,1-4H3,(H2,35,45)(H2,36,46)(H,38,48)(H,39,49)(H,40,51)(H,41,47)(H,42,50)/t18-,19+,20-,21-,22-,23-,25-,26-/m0/s1. The summed E-state index contributed by atoms with van der Waals surface area (Å²) >= 11 is 0. The normalized spacial score (nSPS) is 20.5. The lowest BCUT2D eigenvalue weighted by atomic mass is 10.0. The molecule has 294 valence electrons. The van der Waals surface area contributed by atoms with Gasteiger partial charge in [-0.25, -0.2) is 0 Å². The highest BCUT2D eigenvalue weighted by Gasteiger charge is 2.40. The van der Waals surface area contributed by atoms with Gasteiger partial charge in [0.25, 0.3) is 0 Å². The highest BCUT2D eigenvalue weighted by atomic mass is 16.3. The smallest absolute Gasteiger partial charge is 0.245 e. The van der Waals surface area contributed by atoms with Crippen LogP contribution in [0.15, 0.2) is 0 Å². The quantitative estimate of drug-likeness (QED) is 0.0508. The monoisotopic (exact) mass is 738 g/mol. The van der Waals surface area contributed by atoms with Crippen molar-refractivity contribution in [1.82, 2.24) is 36.8 Å². The molecule has 0 aromatic heterocycles. The Morgan fingerprint density at radius 3 is 2.00 bits per heavy atom. The number of aliphatic hydroxyl groups is 1. The molecule has 2 fully saturated rings. The van der Waals surface area contributed by atoms with Crippen molar-refractivity contribution >= 4 is 47.3 Å². The number of primary amides is 2. The summed E-state index contributed by atoms with van der Waals surface area (Å²) in [6.45, 7) is 7.27. The number of likely N-dealkylation sites (tertiary alicyclic amines) is 1. The third-order valence-electron chi connectivity index (χ3n) is 9.18. The van der Waals surface area contributed by atoms with E-state index >= 15 is 0 Å². The summed E-state index contributed by atoms with van der Waals surface area (Å²) in [5.74, 6) is -5.86. The van der Waals surface area contributed by atoms with E-state index in [4.69, 9.17) is 17.2 Å². The van der Waals surface area contributed by atoms with E-state index in [0.717, 1.165) is 6.42 Å². The van der Waals surface area contributed by atoms with Gasteiger partial charge in [0, 0.05) is 13.0 Å². The fourth-order valence-corrected chi connectivity index (χ4v) is 6.07. The summed E-state index contributed by atoms with van der Waals surface area (Å²) in [6.07, 6.45) is 1.34. The van der Waals surface area contributed by atoms with Gasteiger partial charge in [-0.15, -0.1) is 0 Å². The minimum atomic E-state index is -1.50. The van der Waals surface area contributed by atoms with Gasteiger partial charge in [0.05, 0.1) is 12.1 Å². The molecule has 8 atom stereocenters. The van der Waals surface area contributed by atoms with E-state index in [9.17, 15) is 43.5 Å². The van der Waals surface area contributed by atoms with E-state index in [1.807, 2.05) is 0 Å². The molecule has 8 amide bonds. The molecule has 0 aromatic carbocycles. The maximum Gasteiger partial charge on any atom is 0.245 e. The summed E-state index contributed by atoms with van der Waals surface area (Å²) in [4.78, 5) is 104. The summed E-state index contributed by atoms with van der Waals surface area (Å²) in [5, 5.41) is 26.5. The van der Waals surface area contributed by atoms with Crippen molar-refractivity contribution < 1.29 is 43.5 Å². The first-order chi connectivity index (χ1) is 24.5. The molecule has 0 radical (unpaired) electrons. The SMILES string of the molecule is CC(C)[C@H](NC(=O)[C@@H]1CCCN1)C(=O)N[C@H](C(=O)N[C@@H](CCCCN)C(=O)N1CCC[C@H]1C(=O)N[C@@H](CCC(N)=O)C(=O)N[C@@H](C)C(N)=O)[C@@H](C)O. The van der Waals surface area contributed by atoms with Crippen LogP contribution >= 0.6 is 0 Å². The van der Waals surface area contributed by atoms with Crippen LogP contribution in [-0.2, 0) is 38.4 Å². The molecular weight excluding hydrogens is 680 g/mol. The minimum Gasteiger partial charge on any atom is -0.391 e. The van der Waals surface area contributed by atoms with Crippen LogP contribution in [0.2, 0.25) is 0 Å². The molecule has 2 aliphatic rings. The number of hydrogen-bond donors (Lipinski definition) is 10. The molecule has 2 rings (SSSR count). The molecule has 0 aliphatic carbocycles. The number of unbranched alkanes of at least 4 members (excludes halogenated alkanes) is 1. The molecule has 0 unspecified atom stereocenters. The number of carbonyl (C=O) groups is 8. The Hall–Kier alpha value is -4.36. The predicted octanol–water partition coefficient (Wildman–Crippen LogP) is -3.91. The first-order valence-corrected chi connectivity index (χ1v) is 18.0. The van der Waals surface area contributed by atoms with Crippen LogP contribution in [0.5, 0.6) is 0 Å². The zero-order valence-electron chi connectivity index (χ0n) is 30.6. The molecule has 0 saturated carbocycles. The molecule has 19 heteroatoms. The number of hydrogen-bond acceptors (Lipinski definition) is 11. The summed E-state index contributed by atoms with van der Waals surface area (Å²) in [6, 6.07) is -7.51. The average Bonchev–Trinajstić information content (AvgIpc) is 3.80. The number of rotatable bonds is 21. The van der Waals surface area contributed by atoms with Crippen LogP contribution in [0.1, 0.15) is 85.5 Å². The van der Waals surface area contributed by atoms with E-state index in [-0.39, 0.29) is 44.1 Å². The van der Waals surface area contributed by atoms with E-state index < -0.39 is 89.7 Å². The van der Waals surface area contributed by atoms with Crippen LogP contribution in [0, 0.1) is 5.92 Å². The largest absolute Gasteiger partial charge is 0.391 e. The first kappa shape index (κ1) is 43.8. The Morgan fingerprint density at radius 1 is 0.769 bits per heavy atom. The van der Waals surface area contributed by atoms with Crippen LogP contribution < -0.4 is 49.1 Å². The first-order valence-electron chi connectivity index (χ1n) is 18.0. The number of carbonyl (C=O) groups excluding carboxylic acids is 8.